The number of carbonyl (C=O) groups is 1. The molecule has 1 saturated heterocycles. The summed E-state index contributed by atoms with van der Waals surface area (Å²) in [5.41, 5.74) is 2.08. The Hall–Kier alpha value is -4.86. The predicted molar refractivity (Wildman–Crippen MR) is 204 cm³/mol. The van der Waals surface area contributed by atoms with E-state index in [1.54, 1.807) is 12.1 Å². The minimum Gasteiger partial charge on any atom is -0.322 e. The molecule has 2 aromatic heterocycles. The fraction of sp³-hybridized carbons (Fsp3) is 0.162. The van der Waals surface area contributed by atoms with Crippen LogP contribution in [0.25, 0.3) is 21.3 Å². The van der Waals surface area contributed by atoms with Gasteiger partial charge in [0, 0.05) is 45.9 Å². The Labute approximate surface area is 312 Å². The fourth-order valence-corrected chi connectivity index (χ4v) is 9.89. The first kappa shape index (κ1) is 35.5. The summed E-state index contributed by atoms with van der Waals surface area (Å²) in [4.78, 5) is 46.0. The number of aromatic nitrogens is 2. The van der Waals surface area contributed by atoms with E-state index in [1.807, 2.05) is 49.4 Å². The molecule has 6 aromatic rings. The van der Waals surface area contributed by atoms with Gasteiger partial charge in [0.25, 0.3) is 17.2 Å². The van der Waals surface area contributed by atoms with E-state index in [1.165, 1.54) is 62.7 Å². The molecule has 3 heterocycles. The van der Waals surface area contributed by atoms with E-state index in [2.05, 4.69) is 5.32 Å². The number of amides is 1. The third-order valence-corrected chi connectivity index (χ3v) is 12.9. The molecular weight excluding hydrogens is 742 g/mol. The Balaban J connectivity index is 1.22. The van der Waals surface area contributed by atoms with Crippen molar-refractivity contribution in [3.05, 3.63) is 139 Å². The largest absolute Gasteiger partial charge is 0.322 e. The van der Waals surface area contributed by atoms with Gasteiger partial charge in [-0.15, -0.1) is 11.3 Å². The zero-order valence-corrected chi connectivity index (χ0v) is 30.8. The second kappa shape index (κ2) is 14.6. The average molecular weight is 772 g/mol. The molecular formula is C37H30ClN5O6S3. The molecule has 1 aliphatic heterocycles. The summed E-state index contributed by atoms with van der Waals surface area (Å²) < 4.78 is 28.7. The number of halogens is 1. The lowest BCUT2D eigenvalue weighted by molar-refractivity contribution is -0.387. The lowest BCUT2D eigenvalue weighted by Gasteiger charge is -2.15. The van der Waals surface area contributed by atoms with Gasteiger partial charge in [-0.05, 0) is 91.2 Å². The second-order valence-electron chi connectivity index (χ2n) is 12.1. The topological polar surface area (TPSA) is 145 Å². The maximum absolute atomic E-state index is 14.4. The maximum atomic E-state index is 14.4. The molecule has 1 aliphatic rings. The van der Waals surface area contributed by atoms with E-state index in [0.717, 1.165) is 46.2 Å². The van der Waals surface area contributed by atoms with Gasteiger partial charge in [-0.1, -0.05) is 54.1 Å². The summed E-state index contributed by atoms with van der Waals surface area (Å²) in [5.74, 6) is -0.613. The van der Waals surface area contributed by atoms with Gasteiger partial charge in [0.1, 0.15) is 4.83 Å². The SMILES string of the molecule is Cc1sc2nc(Sc3ccc(C(=O)Nc4ccc(S(=O)(=O)N5CCCC5)cc4)cc3[N+](=O)[O-])n(Cc3ccccc3)c(=O)c2c1-c1cccc(Cl)c1. The number of hydrogen-bond donors (Lipinski definition) is 1. The van der Waals surface area contributed by atoms with E-state index in [4.69, 9.17) is 16.6 Å². The number of nitrogens with one attached hydrogen (secondary N) is 1. The van der Waals surface area contributed by atoms with Gasteiger partial charge in [-0.2, -0.15) is 4.31 Å². The molecule has 1 amide bonds. The number of rotatable bonds is 10. The van der Waals surface area contributed by atoms with Gasteiger partial charge < -0.3 is 5.32 Å². The number of nitrogens with zero attached hydrogens (tertiary/aromatic N) is 4. The van der Waals surface area contributed by atoms with E-state index < -0.39 is 20.9 Å². The highest BCUT2D eigenvalue weighted by Gasteiger charge is 2.28. The number of benzene rings is 4. The number of carbonyl (C=O) groups excluding carboxylic acids is 1. The van der Waals surface area contributed by atoms with Gasteiger partial charge in [-0.25, -0.2) is 13.4 Å². The lowest BCUT2D eigenvalue weighted by Crippen LogP contribution is -2.27. The monoisotopic (exact) mass is 771 g/mol. The van der Waals surface area contributed by atoms with E-state index in [-0.39, 0.29) is 38.3 Å². The first-order valence-corrected chi connectivity index (χ1v) is 19.7. The normalized spacial score (nSPS) is 13.4. The summed E-state index contributed by atoms with van der Waals surface area (Å²) >= 11 is 8.64. The number of aryl methyl sites for hydroxylation is 1. The molecule has 0 aliphatic carbocycles. The molecule has 264 valence electrons. The number of nitro benzene ring substituents is 1. The molecule has 4 aromatic carbocycles. The van der Waals surface area contributed by atoms with Crippen LogP contribution in [0.5, 0.6) is 0 Å². The Morgan fingerprint density at radius 1 is 1.00 bits per heavy atom. The standard InChI is InChI=1S/C37H30ClN5O6S3/c1-23-32(25-10-7-11-27(38)20-25)33-35(50-23)40-37(42(36(33)45)22-24-8-3-2-4-9-24)51-31-17-12-26(21-30(31)43(46)47)34(44)39-28-13-15-29(16-14-28)52(48,49)41-18-5-6-19-41/h2-4,7-17,20-21H,5-6,18-19,22H2,1H3,(H,39,44). The summed E-state index contributed by atoms with van der Waals surface area (Å²) in [6.45, 7) is 3.03. The molecule has 52 heavy (non-hydrogen) atoms. The summed E-state index contributed by atoms with van der Waals surface area (Å²) in [6.07, 6.45) is 1.63. The van der Waals surface area contributed by atoms with Crippen LogP contribution in [0.2, 0.25) is 5.02 Å². The molecule has 0 bridgehead atoms. The lowest BCUT2D eigenvalue weighted by atomic mass is 10.0. The van der Waals surface area contributed by atoms with Crippen LogP contribution < -0.4 is 10.9 Å². The first-order chi connectivity index (χ1) is 25.0. The predicted octanol–water partition coefficient (Wildman–Crippen LogP) is 8.23. The molecule has 11 nitrogen and oxygen atoms in total. The molecule has 1 N–H and O–H groups in total. The second-order valence-corrected chi connectivity index (χ2v) is 16.7. The van der Waals surface area contributed by atoms with Gasteiger partial charge in [0.15, 0.2) is 5.16 Å². The molecule has 15 heteroatoms. The van der Waals surface area contributed by atoms with Crippen LogP contribution in [-0.4, -0.2) is 46.2 Å². The van der Waals surface area contributed by atoms with Crippen LogP contribution >= 0.6 is 34.7 Å². The van der Waals surface area contributed by atoms with Crippen LogP contribution in [0.1, 0.15) is 33.6 Å². The highest BCUT2D eigenvalue weighted by atomic mass is 35.5. The Morgan fingerprint density at radius 2 is 1.73 bits per heavy atom. The number of sulfonamides is 1. The minimum atomic E-state index is -3.62. The average Bonchev–Trinajstić information content (AvgIpc) is 3.79. The molecule has 0 saturated carbocycles. The third-order valence-electron chi connectivity index (χ3n) is 8.68. The van der Waals surface area contributed by atoms with Crippen molar-refractivity contribution in [3.8, 4) is 11.1 Å². The van der Waals surface area contributed by atoms with Crippen LogP contribution in [0.15, 0.2) is 117 Å². The van der Waals surface area contributed by atoms with E-state index >= 15 is 0 Å². The molecule has 1 fully saturated rings. The van der Waals surface area contributed by atoms with Crippen LogP contribution in [0.3, 0.4) is 0 Å². The number of thiophene rings is 1. The van der Waals surface area contributed by atoms with Crippen molar-refractivity contribution in [1.29, 1.82) is 0 Å². The van der Waals surface area contributed by atoms with Crippen molar-refractivity contribution in [3.63, 3.8) is 0 Å². The number of hydrogen-bond acceptors (Lipinski definition) is 9. The van der Waals surface area contributed by atoms with Crippen molar-refractivity contribution in [2.24, 2.45) is 0 Å². The van der Waals surface area contributed by atoms with Crippen molar-refractivity contribution in [2.75, 3.05) is 18.4 Å². The van der Waals surface area contributed by atoms with Crippen LogP contribution in [0, 0.1) is 17.0 Å². The first-order valence-electron chi connectivity index (χ1n) is 16.2. The zero-order chi connectivity index (χ0) is 36.6. The molecule has 7 rings (SSSR count). The zero-order valence-electron chi connectivity index (χ0n) is 27.6. The quantitative estimate of drug-likeness (QED) is 0.0834. The maximum Gasteiger partial charge on any atom is 0.284 e. The van der Waals surface area contributed by atoms with E-state index in [0.29, 0.717) is 34.0 Å². The molecule has 0 atom stereocenters. The highest BCUT2D eigenvalue weighted by Crippen LogP contribution is 2.40. The summed E-state index contributed by atoms with van der Waals surface area (Å²) in [7, 11) is -3.62. The summed E-state index contributed by atoms with van der Waals surface area (Å²) in [5, 5.41) is 16.3. The van der Waals surface area contributed by atoms with Crippen molar-refractivity contribution >= 4 is 72.2 Å². The fourth-order valence-electron chi connectivity index (χ4n) is 6.13. The number of nitro groups is 1. The number of anilines is 1. The van der Waals surface area contributed by atoms with Gasteiger partial charge in [0.2, 0.25) is 10.0 Å². The van der Waals surface area contributed by atoms with Gasteiger partial charge >= 0.3 is 0 Å². The number of fused-ring (bicyclic) bond motifs is 1. The third kappa shape index (κ3) is 7.12. The highest BCUT2D eigenvalue weighted by molar-refractivity contribution is 7.99. The van der Waals surface area contributed by atoms with Gasteiger partial charge in [-0.3, -0.25) is 24.3 Å². The Kier molecular flexibility index (Phi) is 10.0. The molecule has 0 unspecified atom stereocenters. The smallest absolute Gasteiger partial charge is 0.284 e. The summed E-state index contributed by atoms with van der Waals surface area (Å²) in [6, 6.07) is 26.6. The van der Waals surface area contributed by atoms with Gasteiger partial charge in [0.05, 0.1) is 26.6 Å². The molecule has 0 spiro atoms. The minimum absolute atomic E-state index is 0.0231. The Bertz CT molecular complexity index is 2520. The van der Waals surface area contributed by atoms with Crippen LogP contribution in [0.4, 0.5) is 11.4 Å². The Morgan fingerprint density at radius 3 is 2.42 bits per heavy atom. The van der Waals surface area contributed by atoms with Crippen LogP contribution in [-0.2, 0) is 16.6 Å². The molecule has 0 radical (unpaired) electrons. The van der Waals surface area contributed by atoms with E-state index in [9.17, 15) is 28.1 Å². The van der Waals surface area contributed by atoms with Crippen molar-refractivity contribution < 1.29 is 18.1 Å². The van der Waals surface area contributed by atoms with Crippen molar-refractivity contribution in [1.82, 2.24) is 13.9 Å². The van der Waals surface area contributed by atoms with Crippen molar-refractivity contribution in [2.45, 2.75) is 41.3 Å².